The van der Waals surface area contributed by atoms with Gasteiger partial charge >= 0.3 is 0 Å². The van der Waals surface area contributed by atoms with Gasteiger partial charge in [-0.1, -0.05) is 50.3 Å². The summed E-state index contributed by atoms with van der Waals surface area (Å²) < 4.78 is 5.19. The smallest absolute Gasteiger partial charge is 0.193 e. The standard InChI is InChI=1S/C17H27N3O/c1-21-13-15-9-5-6-10-16(15)20-17(18)19-12-11-14-7-3-2-4-8-14/h5-6,9-10,14H,2-4,7-8,11-13H2,1H3,(H3,18,19,20). The fourth-order valence-corrected chi connectivity index (χ4v) is 2.94. The molecule has 3 N–H and O–H groups in total. The van der Waals surface area contributed by atoms with Crippen molar-refractivity contribution in [2.24, 2.45) is 16.6 Å². The number of aliphatic imine (C=N–C) groups is 1. The first-order valence-corrected chi connectivity index (χ1v) is 7.93. The van der Waals surface area contributed by atoms with E-state index in [2.05, 4.69) is 10.3 Å². The number of ether oxygens (including phenoxy) is 1. The Bertz CT molecular complexity index is 453. The van der Waals surface area contributed by atoms with Crippen molar-refractivity contribution in [1.82, 2.24) is 0 Å². The Morgan fingerprint density at radius 1 is 1.29 bits per heavy atom. The number of methoxy groups -OCH3 is 1. The molecule has 0 radical (unpaired) electrons. The summed E-state index contributed by atoms with van der Waals surface area (Å²) >= 11 is 0. The van der Waals surface area contributed by atoms with Gasteiger partial charge in [0, 0.05) is 24.9 Å². The highest BCUT2D eigenvalue weighted by Gasteiger charge is 2.12. The molecule has 0 amide bonds. The second-order valence-corrected chi connectivity index (χ2v) is 5.77. The largest absolute Gasteiger partial charge is 0.380 e. The van der Waals surface area contributed by atoms with Gasteiger partial charge in [0.05, 0.1) is 6.61 Å². The molecule has 1 aromatic carbocycles. The van der Waals surface area contributed by atoms with Gasteiger partial charge in [-0.3, -0.25) is 4.99 Å². The molecule has 21 heavy (non-hydrogen) atoms. The molecule has 0 atom stereocenters. The van der Waals surface area contributed by atoms with Crippen molar-refractivity contribution >= 4 is 11.6 Å². The maximum atomic E-state index is 5.98. The van der Waals surface area contributed by atoms with E-state index in [-0.39, 0.29) is 0 Å². The Kier molecular flexibility index (Phi) is 6.54. The van der Waals surface area contributed by atoms with E-state index in [1.807, 2.05) is 24.3 Å². The molecule has 1 aromatic rings. The lowest BCUT2D eigenvalue weighted by Crippen LogP contribution is -2.24. The average molecular weight is 289 g/mol. The van der Waals surface area contributed by atoms with E-state index in [1.165, 1.54) is 32.1 Å². The molecular formula is C17H27N3O. The summed E-state index contributed by atoms with van der Waals surface area (Å²) in [4.78, 5) is 4.46. The summed E-state index contributed by atoms with van der Waals surface area (Å²) in [7, 11) is 1.69. The van der Waals surface area contributed by atoms with Gasteiger partial charge < -0.3 is 15.8 Å². The van der Waals surface area contributed by atoms with Gasteiger partial charge in [-0.15, -0.1) is 0 Å². The van der Waals surface area contributed by atoms with E-state index in [9.17, 15) is 0 Å². The molecule has 1 saturated carbocycles. The van der Waals surface area contributed by atoms with Crippen molar-refractivity contribution in [2.75, 3.05) is 19.0 Å². The molecule has 0 bridgehead atoms. The van der Waals surface area contributed by atoms with Gasteiger partial charge in [-0.2, -0.15) is 0 Å². The van der Waals surface area contributed by atoms with E-state index in [0.717, 1.165) is 30.1 Å². The van der Waals surface area contributed by atoms with Crippen molar-refractivity contribution in [3.8, 4) is 0 Å². The monoisotopic (exact) mass is 289 g/mol. The zero-order valence-electron chi connectivity index (χ0n) is 13.0. The number of nitrogens with two attached hydrogens (primary N) is 1. The molecule has 1 aliphatic carbocycles. The highest BCUT2D eigenvalue weighted by Crippen LogP contribution is 2.26. The lowest BCUT2D eigenvalue weighted by molar-refractivity contribution is 0.185. The number of benzene rings is 1. The van der Waals surface area contributed by atoms with Gasteiger partial charge in [0.15, 0.2) is 5.96 Å². The number of nitrogens with one attached hydrogen (secondary N) is 1. The molecule has 1 aliphatic rings. The molecule has 0 aromatic heterocycles. The summed E-state index contributed by atoms with van der Waals surface area (Å²) in [5.41, 5.74) is 8.04. The third kappa shape index (κ3) is 5.38. The van der Waals surface area contributed by atoms with Crippen molar-refractivity contribution in [2.45, 2.75) is 45.1 Å². The summed E-state index contributed by atoms with van der Waals surface area (Å²) in [6.07, 6.45) is 8.04. The molecule has 4 heteroatoms. The fraction of sp³-hybridized carbons (Fsp3) is 0.588. The van der Waals surface area contributed by atoms with Crippen LogP contribution in [-0.2, 0) is 11.3 Å². The van der Waals surface area contributed by atoms with Crippen LogP contribution in [0.1, 0.15) is 44.1 Å². The minimum absolute atomic E-state index is 0.495. The Balaban J connectivity index is 1.82. The zero-order chi connectivity index (χ0) is 14.9. The third-order valence-electron chi connectivity index (χ3n) is 4.12. The van der Waals surface area contributed by atoms with Gasteiger partial charge in [-0.05, 0) is 18.4 Å². The van der Waals surface area contributed by atoms with Gasteiger partial charge in [0.25, 0.3) is 0 Å². The fourth-order valence-electron chi connectivity index (χ4n) is 2.94. The van der Waals surface area contributed by atoms with Crippen LogP contribution in [0.25, 0.3) is 0 Å². The second-order valence-electron chi connectivity index (χ2n) is 5.77. The SMILES string of the molecule is COCc1ccccc1NC(N)=NCCC1CCCCC1. The number of rotatable bonds is 6. The highest BCUT2D eigenvalue weighted by molar-refractivity contribution is 5.92. The second kappa shape index (κ2) is 8.67. The molecule has 0 saturated heterocycles. The maximum Gasteiger partial charge on any atom is 0.193 e. The molecule has 2 rings (SSSR count). The van der Waals surface area contributed by atoms with E-state index in [0.29, 0.717) is 12.6 Å². The van der Waals surface area contributed by atoms with Crippen LogP contribution >= 0.6 is 0 Å². The van der Waals surface area contributed by atoms with E-state index in [1.54, 1.807) is 7.11 Å². The average Bonchev–Trinajstić information content (AvgIpc) is 2.50. The van der Waals surface area contributed by atoms with E-state index < -0.39 is 0 Å². The molecule has 0 spiro atoms. The predicted octanol–water partition coefficient (Wildman–Crippen LogP) is 3.53. The quantitative estimate of drug-likeness (QED) is 0.622. The van der Waals surface area contributed by atoms with E-state index in [4.69, 9.17) is 10.5 Å². The number of anilines is 1. The molecule has 0 unspecified atom stereocenters. The number of guanidine groups is 1. The highest BCUT2D eigenvalue weighted by atomic mass is 16.5. The first-order chi connectivity index (χ1) is 10.3. The number of hydrogen-bond donors (Lipinski definition) is 2. The summed E-state index contributed by atoms with van der Waals surface area (Å²) in [6, 6.07) is 8.01. The van der Waals surface area contributed by atoms with Crippen LogP contribution < -0.4 is 11.1 Å². The van der Waals surface area contributed by atoms with Crippen LogP contribution in [-0.4, -0.2) is 19.6 Å². The van der Waals surface area contributed by atoms with Crippen LogP contribution in [0.4, 0.5) is 5.69 Å². The van der Waals surface area contributed by atoms with E-state index >= 15 is 0 Å². The maximum absolute atomic E-state index is 5.98. The topological polar surface area (TPSA) is 59.6 Å². The molecular weight excluding hydrogens is 262 g/mol. The lowest BCUT2D eigenvalue weighted by Gasteiger charge is -2.20. The molecule has 4 nitrogen and oxygen atoms in total. The molecule has 1 fully saturated rings. The van der Waals surface area contributed by atoms with Gasteiger partial charge in [0.1, 0.15) is 0 Å². The Labute approximate surface area is 127 Å². The Morgan fingerprint density at radius 3 is 2.81 bits per heavy atom. The van der Waals surface area contributed by atoms with Gasteiger partial charge in [0.2, 0.25) is 0 Å². The first kappa shape index (κ1) is 15.8. The predicted molar refractivity (Wildman–Crippen MR) is 88.5 cm³/mol. The minimum atomic E-state index is 0.495. The minimum Gasteiger partial charge on any atom is -0.380 e. The van der Waals surface area contributed by atoms with Crippen LogP contribution in [0.15, 0.2) is 29.3 Å². The van der Waals surface area contributed by atoms with Crippen LogP contribution in [0.3, 0.4) is 0 Å². The van der Waals surface area contributed by atoms with Crippen molar-refractivity contribution in [1.29, 1.82) is 0 Å². The van der Waals surface area contributed by atoms with Crippen molar-refractivity contribution in [3.63, 3.8) is 0 Å². The third-order valence-corrected chi connectivity index (χ3v) is 4.12. The number of nitrogens with zero attached hydrogens (tertiary/aromatic N) is 1. The zero-order valence-corrected chi connectivity index (χ0v) is 13.0. The number of para-hydroxylation sites is 1. The number of hydrogen-bond acceptors (Lipinski definition) is 2. The summed E-state index contributed by atoms with van der Waals surface area (Å²) in [5, 5.41) is 3.18. The van der Waals surface area contributed by atoms with Crippen LogP contribution in [0.5, 0.6) is 0 Å². The molecule has 0 aliphatic heterocycles. The van der Waals surface area contributed by atoms with Crippen LogP contribution in [0, 0.1) is 5.92 Å². The van der Waals surface area contributed by atoms with Crippen LogP contribution in [0.2, 0.25) is 0 Å². The Hall–Kier alpha value is -1.55. The molecule has 0 heterocycles. The molecule has 116 valence electrons. The van der Waals surface area contributed by atoms with Crippen molar-refractivity contribution < 1.29 is 4.74 Å². The summed E-state index contributed by atoms with van der Waals surface area (Å²) in [6.45, 7) is 1.38. The lowest BCUT2D eigenvalue weighted by atomic mass is 9.87. The first-order valence-electron chi connectivity index (χ1n) is 7.93. The summed E-state index contributed by atoms with van der Waals surface area (Å²) in [5.74, 6) is 1.34. The van der Waals surface area contributed by atoms with Crippen molar-refractivity contribution in [3.05, 3.63) is 29.8 Å². The Morgan fingerprint density at radius 2 is 2.05 bits per heavy atom. The van der Waals surface area contributed by atoms with Gasteiger partial charge in [-0.25, -0.2) is 0 Å². The normalized spacial score (nSPS) is 16.9.